The number of hydrogen-bond donors (Lipinski definition) is 1. The van der Waals surface area contributed by atoms with E-state index in [-0.39, 0.29) is 24.4 Å². The molecule has 0 saturated carbocycles. The molecule has 6 nitrogen and oxygen atoms in total. The smallest absolute Gasteiger partial charge is 0.251 e. The fraction of sp³-hybridized carbons (Fsp3) is 0.240. The molecule has 1 aromatic heterocycles. The van der Waals surface area contributed by atoms with Gasteiger partial charge >= 0.3 is 0 Å². The number of rotatable bonds is 4. The van der Waals surface area contributed by atoms with Crippen molar-refractivity contribution in [1.82, 2.24) is 20.1 Å². The molecular formula is C25H24N4O2. The van der Waals surface area contributed by atoms with Gasteiger partial charge in [-0.1, -0.05) is 48.5 Å². The van der Waals surface area contributed by atoms with Crippen molar-refractivity contribution in [2.75, 3.05) is 32.7 Å². The molecule has 2 amide bonds. The average Bonchev–Trinajstić information content (AvgIpc) is 3.17. The van der Waals surface area contributed by atoms with Gasteiger partial charge in [-0.3, -0.25) is 19.5 Å². The number of benzene rings is 2. The van der Waals surface area contributed by atoms with Crippen LogP contribution >= 0.6 is 0 Å². The molecule has 0 spiro atoms. The van der Waals surface area contributed by atoms with Crippen molar-refractivity contribution >= 4 is 11.8 Å². The van der Waals surface area contributed by atoms with Crippen molar-refractivity contribution in [3.05, 3.63) is 89.7 Å². The number of carbonyl (C=O) groups is 2. The van der Waals surface area contributed by atoms with Gasteiger partial charge in [-0.15, -0.1) is 0 Å². The Kier molecular flexibility index (Phi) is 5.22. The minimum absolute atomic E-state index is 0.0102. The normalized spacial score (nSPS) is 15.9. The number of nitrogens with zero attached hydrogens (tertiary/aromatic N) is 3. The molecule has 2 aromatic carbocycles. The SMILES string of the molecule is O=C(NCC(=O)N1CCN(C2c3ccccc3-c3ccccc32)CC1)c1ccncc1. The lowest BCUT2D eigenvalue weighted by Gasteiger charge is -2.38. The van der Waals surface area contributed by atoms with E-state index in [0.717, 1.165) is 13.1 Å². The van der Waals surface area contributed by atoms with Crippen LogP contribution in [0.15, 0.2) is 73.1 Å². The molecule has 0 unspecified atom stereocenters. The largest absolute Gasteiger partial charge is 0.343 e. The second-order valence-electron chi connectivity index (χ2n) is 7.91. The summed E-state index contributed by atoms with van der Waals surface area (Å²) in [5, 5.41) is 2.72. The van der Waals surface area contributed by atoms with Crippen molar-refractivity contribution in [3.63, 3.8) is 0 Å². The first kappa shape index (κ1) is 19.5. The minimum Gasteiger partial charge on any atom is -0.343 e. The Morgan fingerprint density at radius 2 is 1.42 bits per heavy atom. The summed E-state index contributed by atoms with van der Waals surface area (Å²) >= 11 is 0. The maximum atomic E-state index is 12.6. The number of pyridine rings is 1. The van der Waals surface area contributed by atoms with Gasteiger partial charge in [0.2, 0.25) is 5.91 Å². The molecule has 0 atom stereocenters. The summed E-state index contributed by atoms with van der Waals surface area (Å²) in [5.74, 6) is -0.303. The molecule has 0 radical (unpaired) electrons. The van der Waals surface area contributed by atoms with Gasteiger partial charge in [0.05, 0.1) is 12.6 Å². The number of piperazine rings is 1. The van der Waals surface area contributed by atoms with Crippen molar-refractivity contribution in [2.24, 2.45) is 0 Å². The van der Waals surface area contributed by atoms with Crippen LogP contribution in [0.2, 0.25) is 0 Å². The Morgan fingerprint density at radius 3 is 2.03 bits per heavy atom. The van der Waals surface area contributed by atoms with Crippen LogP contribution < -0.4 is 5.32 Å². The van der Waals surface area contributed by atoms with Crippen LogP contribution in [0.5, 0.6) is 0 Å². The number of fused-ring (bicyclic) bond motifs is 3. The quantitative estimate of drug-likeness (QED) is 0.716. The van der Waals surface area contributed by atoms with E-state index in [2.05, 4.69) is 63.7 Å². The molecule has 5 rings (SSSR count). The van der Waals surface area contributed by atoms with E-state index in [4.69, 9.17) is 0 Å². The summed E-state index contributed by atoms with van der Waals surface area (Å²) < 4.78 is 0. The average molecular weight is 412 g/mol. The zero-order chi connectivity index (χ0) is 21.2. The molecule has 1 aliphatic carbocycles. The van der Waals surface area contributed by atoms with Crippen LogP contribution in [-0.2, 0) is 4.79 Å². The lowest BCUT2D eigenvalue weighted by atomic mass is 10.0. The number of nitrogens with one attached hydrogen (secondary N) is 1. The number of aromatic nitrogens is 1. The molecule has 3 aromatic rings. The summed E-state index contributed by atoms with van der Waals surface area (Å²) in [7, 11) is 0. The van der Waals surface area contributed by atoms with Gasteiger partial charge in [0.25, 0.3) is 5.91 Å². The summed E-state index contributed by atoms with van der Waals surface area (Å²) in [4.78, 5) is 33.0. The van der Waals surface area contributed by atoms with E-state index in [1.165, 1.54) is 22.3 Å². The Hall–Kier alpha value is -3.51. The highest BCUT2D eigenvalue weighted by atomic mass is 16.2. The molecule has 2 aliphatic rings. The van der Waals surface area contributed by atoms with Gasteiger partial charge in [-0.25, -0.2) is 0 Å². The third-order valence-corrected chi connectivity index (χ3v) is 6.18. The maximum Gasteiger partial charge on any atom is 0.251 e. The fourth-order valence-corrected chi connectivity index (χ4v) is 4.62. The molecule has 1 aliphatic heterocycles. The zero-order valence-electron chi connectivity index (χ0n) is 17.2. The van der Waals surface area contributed by atoms with E-state index in [9.17, 15) is 9.59 Å². The summed E-state index contributed by atoms with van der Waals surface area (Å²) in [5.41, 5.74) is 5.80. The van der Waals surface area contributed by atoms with Crippen LogP contribution in [0.25, 0.3) is 11.1 Å². The fourth-order valence-electron chi connectivity index (χ4n) is 4.62. The van der Waals surface area contributed by atoms with Crippen LogP contribution in [0.1, 0.15) is 27.5 Å². The third kappa shape index (κ3) is 3.70. The summed E-state index contributed by atoms with van der Waals surface area (Å²) in [6.45, 7) is 2.93. The van der Waals surface area contributed by atoms with Crippen LogP contribution in [-0.4, -0.2) is 59.3 Å². The Morgan fingerprint density at radius 1 is 0.839 bits per heavy atom. The van der Waals surface area contributed by atoms with Crippen LogP contribution in [0.3, 0.4) is 0 Å². The number of carbonyl (C=O) groups excluding carboxylic acids is 2. The molecule has 156 valence electrons. The molecule has 6 heteroatoms. The minimum atomic E-state index is -0.256. The lowest BCUT2D eigenvalue weighted by Crippen LogP contribution is -2.51. The molecule has 1 fully saturated rings. The maximum absolute atomic E-state index is 12.6. The molecular weight excluding hydrogens is 388 g/mol. The van der Waals surface area contributed by atoms with Crippen molar-refractivity contribution in [2.45, 2.75) is 6.04 Å². The highest BCUT2D eigenvalue weighted by Gasteiger charge is 2.34. The first-order valence-corrected chi connectivity index (χ1v) is 10.6. The molecule has 31 heavy (non-hydrogen) atoms. The van der Waals surface area contributed by atoms with Gasteiger partial charge in [-0.2, -0.15) is 0 Å². The Bertz CT molecular complexity index is 1060. The van der Waals surface area contributed by atoms with E-state index < -0.39 is 0 Å². The highest BCUT2D eigenvalue weighted by Crippen LogP contribution is 2.46. The van der Waals surface area contributed by atoms with Gasteiger partial charge < -0.3 is 10.2 Å². The van der Waals surface area contributed by atoms with Gasteiger partial charge in [0.15, 0.2) is 0 Å². The third-order valence-electron chi connectivity index (χ3n) is 6.18. The number of hydrogen-bond acceptors (Lipinski definition) is 4. The van der Waals surface area contributed by atoms with E-state index in [1.807, 2.05) is 4.90 Å². The van der Waals surface area contributed by atoms with Gasteiger partial charge in [0.1, 0.15) is 0 Å². The van der Waals surface area contributed by atoms with E-state index >= 15 is 0 Å². The first-order valence-electron chi connectivity index (χ1n) is 10.6. The predicted octanol–water partition coefficient (Wildman–Crippen LogP) is 2.73. The van der Waals surface area contributed by atoms with Gasteiger partial charge in [-0.05, 0) is 34.4 Å². The molecule has 1 saturated heterocycles. The first-order chi connectivity index (χ1) is 15.2. The Labute approximate surface area is 181 Å². The van der Waals surface area contributed by atoms with Crippen molar-refractivity contribution in [3.8, 4) is 11.1 Å². The standard InChI is InChI=1S/C25H24N4O2/c30-23(17-27-25(31)18-9-11-26-12-10-18)28-13-15-29(16-14-28)24-21-7-3-1-5-19(21)20-6-2-4-8-22(20)24/h1-12,24H,13-17H2,(H,27,31). The molecule has 0 bridgehead atoms. The van der Waals surface area contributed by atoms with Crippen LogP contribution in [0.4, 0.5) is 0 Å². The van der Waals surface area contributed by atoms with Crippen molar-refractivity contribution < 1.29 is 9.59 Å². The summed E-state index contributed by atoms with van der Waals surface area (Å²) in [6, 6.07) is 20.7. The topological polar surface area (TPSA) is 65.5 Å². The Balaban J connectivity index is 1.22. The van der Waals surface area contributed by atoms with Gasteiger partial charge in [0, 0.05) is 44.1 Å². The molecule has 1 N–H and O–H groups in total. The molecule has 2 heterocycles. The highest BCUT2D eigenvalue weighted by molar-refractivity contribution is 5.96. The summed E-state index contributed by atoms with van der Waals surface area (Å²) in [6.07, 6.45) is 3.13. The van der Waals surface area contributed by atoms with E-state index in [1.54, 1.807) is 24.5 Å². The van der Waals surface area contributed by atoms with Crippen molar-refractivity contribution in [1.29, 1.82) is 0 Å². The monoisotopic (exact) mass is 412 g/mol. The second kappa shape index (κ2) is 8.32. The second-order valence-corrected chi connectivity index (χ2v) is 7.91. The zero-order valence-corrected chi connectivity index (χ0v) is 17.2. The number of amides is 2. The predicted molar refractivity (Wildman–Crippen MR) is 118 cm³/mol. The van der Waals surface area contributed by atoms with Crippen LogP contribution in [0, 0.1) is 0 Å². The lowest BCUT2D eigenvalue weighted by molar-refractivity contribution is -0.132. The van der Waals surface area contributed by atoms with E-state index in [0.29, 0.717) is 18.7 Å².